The van der Waals surface area contributed by atoms with Crippen molar-refractivity contribution in [1.29, 1.82) is 0 Å². The summed E-state index contributed by atoms with van der Waals surface area (Å²) in [5.41, 5.74) is 0.494. The van der Waals surface area contributed by atoms with Gasteiger partial charge in [-0.25, -0.2) is 4.79 Å². The number of carboxylic acids is 1. The van der Waals surface area contributed by atoms with E-state index in [1.807, 2.05) is 0 Å². The number of carbonyl (C=O) groups is 2. The molecule has 2 aromatic rings. The van der Waals surface area contributed by atoms with Gasteiger partial charge < -0.3 is 24.6 Å². The molecule has 132 valence electrons. The van der Waals surface area contributed by atoms with Gasteiger partial charge >= 0.3 is 5.97 Å². The Balaban J connectivity index is 2.00. The molecule has 0 aliphatic carbocycles. The Hall–Kier alpha value is -2.93. The van der Waals surface area contributed by atoms with Gasteiger partial charge in [-0.15, -0.1) is 0 Å². The van der Waals surface area contributed by atoms with E-state index in [4.69, 9.17) is 30.9 Å². The molecule has 0 atom stereocenters. The lowest BCUT2D eigenvalue weighted by atomic mass is 10.2. The first-order valence-electron chi connectivity index (χ1n) is 7.12. The first-order chi connectivity index (χ1) is 11.9. The number of benzene rings is 2. The van der Waals surface area contributed by atoms with Gasteiger partial charge in [-0.1, -0.05) is 11.6 Å². The van der Waals surface area contributed by atoms with Crippen LogP contribution in [-0.4, -0.2) is 37.8 Å². The maximum Gasteiger partial charge on any atom is 0.335 e. The van der Waals surface area contributed by atoms with E-state index in [0.717, 1.165) is 0 Å². The summed E-state index contributed by atoms with van der Waals surface area (Å²) < 4.78 is 15.6. The zero-order chi connectivity index (χ0) is 18.4. The maximum atomic E-state index is 12.0. The van der Waals surface area contributed by atoms with Gasteiger partial charge in [0.2, 0.25) is 0 Å². The number of methoxy groups -OCH3 is 2. The molecule has 2 N–H and O–H groups in total. The summed E-state index contributed by atoms with van der Waals surface area (Å²) in [5, 5.41) is 11.6. The van der Waals surface area contributed by atoms with Crippen molar-refractivity contribution in [2.75, 3.05) is 26.1 Å². The van der Waals surface area contributed by atoms with E-state index in [9.17, 15) is 9.59 Å². The van der Waals surface area contributed by atoms with Crippen LogP contribution in [0.5, 0.6) is 17.2 Å². The molecule has 0 saturated carbocycles. The summed E-state index contributed by atoms with van der Waals surface area (Å²) >= 11 is 5.94. The number of ether oxygens (including phenoxy) is 3. The molecule has 8 heteroatoms. The Morgan fingerprint density at radius 3 is 2.44 bits per heavy atom. The molecule has 0 heterocycles. The number of halogens is 1. The highest BCUT2D eigenvalue weighted by molar-refractivity contribution is 6.32. The second-order valence-electron chi connectivity index (χ2n) is 4.85. The summed E-state index contributed by atoms with van der Waals surface area (Å²) in [6.07, 6.45) is 0. The minimum atomic E-state index is -1.10. The average molecular weight is 366 g/mol. The third kappa shape index (κ3) is 4.77. The predicted octanol–water partition coefficient (Wildman–Crippen LogP) is 3.07. The Labute approximate surface area is 149 Å². The highest BCUT2D eigenvalue weighted by atomic mass is 35.5. The number of carbonyl (C=O) groups excluding carboxylic acids is 1. The Morgan fingerprint density at radius 1 is 1.08 bits per heavy atom. The van der Waals surface area contributed by atoms with E-state index < -0.39 is 11.9 Å². The summed E-state index contributed by atoms with van der Waals surface area (Å²) in [4.78, 5) is 22.9. The summed E-state index contributed by atoms with van der Waals surface area (Å²) in [6, 6.07) is 8.95. The van der Waals surface area contributed by atoms with Crippen LogP contribution >= 0.6 is 11.6 Å². The molecule has 2 rings (SSSR count). The lowest BCUT2D eigenvalue weighted by Crippen LogP contribution is -2.20. The van der Waals surface area contributed by atoms with Gasteiger partial charge in [0.15, 0.2) is 6.61 Å². The van der Waals surface area contributed by atoms with Crippen molar-refractivity contribution in [3.8, 4) is 17.2 Å². The fraction of sp³-hybridized carbons (Fsp3) is 0.176. The standard InChI is InChI=1S/C17H16ClNO6/c1-23-11-4-5-13(15(8-11)24-2)19-16(20)9-25-14-6-3-10(17(21)22)7-12(14)18/h3-8H,9H2,1-2H3,(H,19,20)(H,21,22). The quantitative estimate of drug-likeness (QED) is 0.783. The zero-order valence-electron chi connectivity index (χ0n) is 13.5. The van der Waals surface area contributed by atoms with Crippen LogP contribution in [0.1, 0.15) is 10.4 Å². The highest BCUT2D eigenvalue weighted by Gasteiger charge is 2.12. The van der Waals surface area contributed by atoms with Crippen molar-refractivity contribution >= 4 is 29.2 Å². The fourth-order valence-corrected chi connectivity index (χ4v) is 2.22. The van der Waals surface area contributed by atoms with Crippen molar-refractivity contribution < 1.29 is 28.9 Å². The van der Waals surface area contributed by atoms with Gasteiger partial charge in [0, 0.05) is 6.07 Å². The second-order valence-corrected chi connectivity index (χ2v) is 5.26. The molecule has 0 radical (unpaired) electrons. The molecule has 0 spiro atoms. The third-order valence-electron chi connectivity index (χ3n) is 3.22. The van der Waals surface area contributed by atoms with E-state index in [2.05, 4.69) is 5.32 Å². The van der Waals surface area contributed by atoms with Crippen molar-refractivity contribution in [2.24, 2.45) is 0 Å². The minimum absolute atomic E-state index is 0.0322. The molecule has 0 unspecified atom stereocenters. The number of hydrogen-bond donors (Lipinski definition) is 2. The maximum absolute atomic E-state index is 12.0. The van der Waals surface area contributed by atoms with E-state index in [0.29, 0.717) is 17.2 Å². The number of rotatable bonds is 7. The Bertz CT molecular complexity index is 793. The van der Waals surface area contributed by atoms with E-state index in [1.54, 1.807) is 18.2 Å². The Kier molecular flexibility index (Phi) is 6.08. The van der Waals surface area contributed by atoms with Gasteiger partial charge in [-0.05, 0) is 30.3 Å². The van der Waals surface area contributed by atoms with E-state index >= 15 is 0 Å². The smallest absolute Gasteiger partial charge is 0.335 e. The summed E-state index contributed by atoms with van der Waals surface area (Å²) in [6.45, 7) is -0.304. The third-order valence-corrected chi connectivity index (χ3v) is 3.52. The van der Waals surface area contributed by atoms with Crippen LogP contribution in [0.25, 0.3) is 0 Å². The molecule has 25 heavy (non-hydrogen) atoms. The molecule has 0 aliphatic rings. The first-order valence-corrected chi connectivity index (χ1v) is 7.50. The summed E-state index contributed by atoms with van der Waals surface area (Å²) in [5.74, 6) is -0.281. The minimum Gasteiger partial charge on any atom is -0.497 e. The van der Waals surface area contributed by atoms with Gasteiger partial charge in [-0.3, -0.25) is 4.79 Å². The molecule has 0 aliphatic heterocycles. The van der Waals surface area contributed by atoms with Crippen molar-refractivity contribution in [3.63, 3.8) is 0 Å². The van der Waals surface area contributed by atoms with Gasteiger partial charge in [-0.2, -0.15) is 0 Å². The largest absolute Gasteiger partial charge is 0.497 e. The fourth-order valence-electron chi connectivity index (χ4n) is 1.98. The van der Waals surface area contributed by atoms with Crippen LogP contribution in [0.4, 0.5) is 5.69 Å². The zero-order valence-corrected chi connectivity index (χ0v) is 14.3. The number of anilines is 1. The summed E-state index contributed by atoms with van der Waals surface area (Å²) in [7, 11) is 3.00. The second kappa shape index (κ2) is 8.25. The van der Waals surface area contributed by atoms with E-state index in [1.165, 1.54) is 32.4 Å². The van der Waals surface area contributed by atoms with Crippen LogP contribution in [0.3, 0.4) is 0 Å². The van der Waals surface area contributed by atoms with Crippen LogP contribution in [0, 0.1) is 0 Å². The topological polar surface area (TPSA) is 94.1 Å². The number of carboxylic acid groups (broad SMARTS) is 1. The van der Waals surface area contributed by atoms with Crippen molar-refractivity contribution in [1.82, 2.24) is 0 Å². The molecule has 1 amide bonds. The molecule has 0 aromatic heterocycles. The number of hydrogen-bond acceptors (Lipinski definition) is 5. The normalized spacial score (nSPS) is 10.0. The predicted molar refractivity (Wildman–Crippen MR) is 92.1 cm³/mol. The van der Waals surface area contributed by atoms with Gasteiger partial charge in [0.1, 0.15) is 17.2 Å². The van der Waals surface area contributed by atoms with Crippen molar-refractivity contribution in [3.05, 3.63) is 47.0 Å². The SMILES string of the molecule is COc1ccc(NC(=O)COc2ccc(C(=O)O)cc2Cl)c(OC)c1. The molecule has 2 aromatic carbocycles. The lowest BCUT2D eigenvalue weighted by Gasteiger charge is -2.12. The molecular formula is C17H16ClNO6. The lowest BCUT2D eigenvalue weighted by molar-refractivity contribution is -0.118. The Morgan fingerprint density at radius 2 is 1.84 bits per heavy atom. The van der Waals surface area contributed by atoms with Gasteiger partial charge in [0.05, 0.1) is 30.5 Å². The van der Waals surface area contributed by atoms with Gasteiger partial charge in [0.25, 0.3) is 5.91 Å². The van der Waals surface area contributed by atoms with Crippen LogP contribution in [0.15, 0.2) is 36.4 Å². The molecule has 7 nitrogen and oxygen atoms in total. The molecular weight excluding hydrogens is 350 g/mol. The number of aromatic carboxylic acids is 1. The highest BCUT2D eigenvalue weighted by Crippen LogP contribution is 2.29. The number of amides is 1. The molecule has 0 bridgehead atoms. The van der Waals surface area contributed by atoms with E-state index in [-0.39, 0.29) is 22.9 Å². The number of nitrogens with one attached hydrogen (secondary N) is 1. The van der Waals surface area contributed by atoms with Crippen LogP contribution in [-0.2, 0) is 4.79 Å². The first kappa shape index (κ1) is 18.4. The van der Waals surface area contributed by atoms with Crippen LogP contribution in [0.2, 0.25) is 5.02 Å². The monoisotopic (exact) mass is 365 g/mol. The van der Waals surface area contributed by atoms with Crippen LogP contribution < -0.4 is 19.5 Å². The van der Waals surface area contributed by atoms with Crippen molar-refractivity contribution in [2.45, 2.75) is 0 Å². The molecule has 0 fully saturated rings. The molecule has 0 saturated heterocycles. The average Bonchev–Trinajstić information content (AvgIpc) is 2.60.